The molecule has 0 aromatic heterocycles. The molecule has 1 aliphatic heterocycles. The lowest BCUT2D eigenvalue weighted by Gasteiger charge is -2.41. The van der Waals surface area contributed by atoms with Crippen LogP contribution < -0.4 is 5.32 Å². The van der Waals surface area contributed by atoms with Gasteiger partial charge in [-0.1, -0.05) is 6.92 Å². The van der Waals surface area contributed by atoms with Gasteiger partial charge in [0.15, 0.2) is 5.60 Å². The molecule has 2 fully saturated rings. The minimum absolute atomic E-state index is 0.184. The summed E-state index contributed by atoms with van der Waals surface area (Å²) in [4.78, 5) is 11.4. The van der Waals surface area contributed by atoms with Gasteiger partial charge < -0.3 is 10.4 Å². The number of carbonyl (C=O) groups excluding carboxylic acids is 1. The van der Waals surface area contributed by atoms with Crippen molar-refractivity contribution in [2.75, 3.05) is 0 Å². The second-order valence-electron chi connectivity index (χ2n) is 4.87. The van der Waals surface area contributed by atoms with E-state index in [0.29, 0.717) is 0 Å². The summed E-state index contributed by atoms with van der Waals surface area (Å²) in [5.74, 6) is -4.77. The van der Waals surface area contributed by atoms with Gasteiger partial charge in [-0.25, -0.2) is 8.78 Å². The molecule has 1 saturated heterocycles. The lowest BCUT2D eigenvalue weighted by Crippen LogP contribution is -2.53. The van der Waals surface area contributed by atoms with E-state index >= 15 is 0 Å². The Morgan fingerprint density at radius 3 is 2.67 bits per heavy atom. The Kier molecular flexibility index (Phi) is 2.09. The van der Waals surface area contributed by atoms with Gasteiger partial charge in [-0.05, 0) is 13.3 Å². The predicted molar refractivity (Wildman–Crippen MR) is 49.4 cm³/mol. The van der Waals surface area contributed by atoms with Crippen molar-refractivity contribution >= 4 is 5.91 Å². The lowest BCUT2D eigenvalue weighted by molar-refractivity contribution is -0.180. The minimum Gasteiger partial charge on any atom is -0.379 e. The van der Waals surface area contributed by atoms with E-state index in [9.17, 15) is 18.7 Å². The average Bonchev–Trinajstić information content (AvgIpc) is 2.27. The zero-order chi connectivity index (χ0) is 11.4. The Hall–Kier alpha value is -0.710. The van der Waals surface area contributed by atoms with Crippen LogP contribution in [0.15, 0.2) is 0 Å². The molecule has 1 saturated carbocycles. The summed E-state index contributed by atoms with van der Waals surface area (Å²) >= 11 is 0. The molecule has 0 aromatic carbocycles. The maximum Gasteiger partial charge on any atom is 0.253 e. The third-order valence-corrected chi connectivity index (χ3v) is 3.80. The first-order valence-electron chi connectivity index (χ1n) is 5.18. The largest absolute Gasteiger partial charge is 0.379 e. The number of nitrogens with one attached hydrogen (secondary N) is 1. The highest BCUT2D eigenvalue weighted by Crippen LogP contribution is 2.49. The van der Waals surface area contributed by atoms with Gasteiger partial charge in [-0.15, -0.1) is 0 Å². The van der Waals surface area contributed by atoms with Crippen LogP contribution >= 0.6 is 0 Å². The highest BCUT2D eigenvalue weighted by atomic mass is 19.3. The molecule has 1 aliphatic carbocycles. The molecule has 0 bridgehead atoms. The molecule has 2 N–H and O–H groups in total. The summed E-state index contributed by atoms with van der Waals surface area (Å²) in [6.45, 7) is 3.21. The normalized spacial score (nSPS) is 48.6. The van der Waals surface area contributed by atoms with Crippen LogP contribution in [0.1, 0.15) is 26.7 Å². The van der Waals surface area contributed by atoms with Gasteiger partial charge >= 0.3 is 0 Å². The van der Waals surface area contributed by atoms with E-state index in [4.69, 9.17) is 0 Å². The van der Waals surface area contributed by atoms with Gasteiger partial charge in [0.1, 0.15) is 0 Å². The number of carbonyl (C=O) groups is 1. The zero-order valence-electron chi connectivity index (χ0n) is 8.76. The monoisotopic (exact) mass is 219 g/mol. The number of aliphatic hydroxyl groups is 1. The van der Waals surface area contributed by atoms with E-state index in [2.05, 4.69) is 5.32 Å². The standard InChI is InChI=1S/C10H15F2NO2/c1-5-3-7-6(2)13-8(14)9(7,15)4-10(5,11)12/h5-7,15H,3-4H2,1-2H3,(H,13,14). The Bertz CT molecular complexity index is 308. The molecule has 0 aromatic rings. The van der Waals surface area contributed by atoms with Crippen molar-refractivity contribution in [1.82, 2.24) is 5.32 Å². The molecule has 5 heteroatoms. The molecule has 0 radical (unpaired) electrons. The fraction of sp³-hybridized carbons (Fsp3) is 0.900. The average molecular weight is 219 g/mol. The van der Waals surface area contributed by atoms with Crippen molar-refractivity contribution < 1.29 is 18.7 Å². The number of rotatable bonds is 0. The van der Waals surface area contributed by atoms with Crippen molar-refractivity contribution in [3.63, 3.8) is 0 Å². The summed E-state index contributed by atoms with van der Waals surface area (Å²) in [6, 6.07) is -0.221. The first kappa shape index (κ1) is 10.8. The van der Waals surface area contributed by atoms with E-state index < -0.39 is 29.8 Å². The third-order valence-electron chi connectivity index (χ3n) is 3.80. The molecule has 2 rings (SSSR count). The lowest BCUT2D eigenvalue weighted by atomic mass is 9.69. The van der Waals surface area contributed by atoms with E-state index in [1.54, 1.807) is 6.92 Å². The minimum atomic E-state index is -2.95. The first-order chi connectivity index (χ1) is 6.77. The topological polar surface area (TPSA) is 49.3 Å². The van der Waals surface area contributed by atoms with Gasteiger partial charge in [-0.3, -0.25) is 4.79 Å². The summed E-state index contributed by atoms with van der Waals surface area (Å²) < 4.78 is 26.9. The smallest absolute Gasteiger partial charge is 0.253 e. The summed E-state index contributed by atoms with van der Waals surface area (Å²) in [7, 11) is 0. The molecular formula is C10H15F2NO2. The van der Waals surface area contributed by atoms with Crippen LogP contribution in [0.2, 0.25) is 0 Å². The number of alkyl halides is 2. The van der Waals surface area contributed by atoms with Gasteiger partial charge in [0, 0.05) is 24.3 Å². The fourth-order valence-corrected chi connectivity index (χ4v) is 2.71. The van der Waals surface area contributed by atoms with Crippen molar-refractivity contribution in [3.05, 3.63) is 0 Å². The molecule has 1 amide bonds. The second-order valence-corrected chi connectivity index (χ2v) is 4.87. The molecule has 0 spiro atoms. The van der Waals surface area contributed by atoms with E-state index in [1.807, 2.05) is 0 Å². The Labute approximate surface area is 86.8 Å². The van der Waals surface area contributed by atoms with Crippen LogP contribution in [-0.2, 0) is 4.79 Å². The summed E-state index contributed by atoms with van der Waals surface area (Å²) in [5, 5.41) is 12.5. The summed E-state index contributed by atoms with van der Waals surface area (Å²) in [6.07, 6.45) is -0.564. The van der Waals surface area contributed by atoms with Crippen molar-refractivity contribution in [2.45, 2.75) is 44.3 Å². The van der Waals surface area contributed by atoms with E-state index in [1.165, 1.54) is 6.92 Å². The SMILES string of the molecule is CC1NC(=O)C2(O)CC(F)(F)C(C)CC12. The zero-order valence-corrected chi connectivity index (χ0v) is 8.76. The number of amides is 1. The maximum absolute atomic E-state index is 13.4. The highest BCUT2D eigenvalue weighted by Gasteiger charge is 2.62. The van der Waals surface area contributed by atoms with E-state index in [-0.39, 0.29) is 18.4 Å². The highest BCUT2D eigenvalue weighted by molar-refractivity contribution is 5.88. The maximum atomic E-state index is 13.4. The number of halogens is 2. The van der Waals surface area contributed by atoms with Crippen LogP contribution in [0.4, 0.5) is 8.78 Å². The molecule has 2 aliphatic rings. The number of hydrogen-bond acceptors (Lipinski definition) is 2. The number of fused-ring (bicyclic) bond motifs is 1. The molecule has 1 heterocycles. The van der Waals surface area contributed by atoms with Gasteiger partial charge in [-0.2, -0.15) is 0 Å². The molecular weight excluding hydrogens is 204 g/mol. The molecule has 15 heavy (non-hydrogen) atoms. The quantitative estimate of drug-likeness (QED) is 0.636. The predicted octanol–water partition coefficient (Wildman–Crippen LogP) is 0.917. The molecule has 4 atom stereocenters. The van der Waals surface area contributed by atoms with Gasteiger partial charge in [0.2, 0.25) is 0 Å². The molecule has 3 nitrogen and oxygen atoms in total. The molecule has 86 valence electrons. The first-order valence-corrected chi connectivity index (χ1v) is 5.18. The van der Waals surface area contributed by atoms with Gasteiger partial charge in [0.25, 0.3) is 11.8 Å². The van der Waals surface area contributed by atoms with Crippen LogP contribution in [0.3, 0.4) is 0 Å². The van der Waals surface area contributed by atoms with Gasteiger partial charge in [0.05, 0.1) is 0 Å². The molecule has 4 unspecified atom stereocenters. The van der Waals surface area contributed by atoms with Crippen LogP contribution in [0.25, 0.3) is 0 Å². The Morgan fingerprint density at radius 1 is 1.47 bits per heavy atom. The van der Waals surface area contributed by atoms with Crippen molar-refractivity contribution in [2.24, 2.45) is 11.8 Å². The number of hydrogen-bond donors (Lipinski definition) is 2. The van der Waals surface area contributed by atoms with Crippen LogP contribution in [0, 0.1) is 11.8 Å². The Morgan fingerprint density at radius 2 is 2.07 bits per heavy atom. The van der Waals surface area contributed by atoms with Crippen LogP contribution in [-0.4, -0.2) is 28.6 Å². The Balaban J connectivity index is 2.33. The fourth-order valence-electron chi connectivity index (χ4n) is 2.71. The van der Waals surface area contributed by atoms with Crippen molar-refractivity contribution in [3.8, 4) is 0 Å². The van der Waals surface area contributed by atoms with E-state index in [0.717, 1.165) is 0 Å². The second kappa shape index (κ2) is 2.90. The third kappa shape index (κ3) is 1.36. The van der Waals surface area contributed by atoms with Crippen LogP contribution in [0.5, 0.6) is 0 Å². The van der Waals surface area contributed by atoms with Crippen molar-refractivity contribution in [1.29, 1.82) is 0 Å². The summed E-state index contributed by atoms with van der Waals surface area (Å²) in [5.41, 5.74) is -1.87.